The zero-order valence-electron chi connectivity index (χ0n) is 15.8. The molecule has 1 N–H and O–H groups in total. The second-order valence-corrected chi connectivity index (χ2v) is 6.47. The van der Waals surface area contributed by atoms with Crippen molar-refractivity contribution in [2.75, 3.05) is 25.6 Å². The van der Waals surface area contributed by atoms with Crippen molar-refractivity contribution in [3.05, 3.63) is 54.1 Å². The van der Waals surface area contributed by atoms with Crippen molar-refractivity contribution >= 4 is 16.7 Å². The molecule has 0 aliphatic rings. The van der Waals surface area contributed by atoms with Crippen LogP contribution in [0.4, 0.5) is 5.82 Å². The van der Waals surface area contributed by atoms with Crippen molar-refractivity contribution < 1.29 is 9.15 Å². The molecule has 4 aromatic rings. The lowest BCUT2D eigenvalue weighted by Crippen LogP contribution is -2.07. The van der Waals surface area contributed by atoms with Gasteiger partial charge in [0.15, 0.2) is 0 Å². The first kappa shape index (κ1) is 18.1. The van der Waals surface area contributed by atoms with E-state index in [1.165, 1.54) is 0 Å². The number of nitrogens with one attached hydrogen (secondary N) is 1. The molecular formula is C21H21N5O2. The topological polar surface area (TPSA) is 86.0 Å². The maximum atomic E-state index is 5.86. The van der Waals surface area contributed by atoms with Gasteiger partial charge in [-0.1, -0.05) is 29.8 Å². The molecule has 0 atom stereocenters. The fourth-order valence-electron chi connectivity index (χ4n) is 2.94. The summed E-state index contributed by atoms with van der Waals surface area (Å²) in [7, 11) is 1.69. The van der Waals surface area contributed by atoms with E-state index in [4.69, 9.17) is 9.15 Å². The van der Waals surface area contributed by atoms with Gasteiger partial charge in [0, 0.05) is 31.2 Å². The monoisotopic (exact) mass is 375 g/mol. The fourth-order valence-corrected chi connectivity index (χ4v) is 2.94. The highest BCUT2D eigenvalue weighted by atomic mass is 16.5. The van der Waals surface area contributed by atoms with Crippen LogP contribution >= 0.6 is 0 Å². The normalized spacial score (nSPS) is 11.1. The van der Waals surface area contributed by atoms with Crippen LogP contribution in [-0.4, -0.2) is 40.4 Å². The maximum absolute atomic E-state index is 5.86. The van der Waals surface area contributed by atoms with E-state index in [0.29, 0.717) is 24.2 Å². The maximum Gasteiger partial charge on any atom is 0.286 e. The van der Waals surface area contributed by atoms with E-state index in [1.54, 1.807) is 7.11 Å². The Labute approximate surface area is 162 Å². The minimum absolute atomic E-state index is 0.294. The smallest absolute Gasteiger partial charge is 0.286 e. The molecule has 0 aliphatic heterocycles. The molecule has 0 unspecified atom stereocenters. The van der Waals surface area contributed by atoms with Crippen molar-refractivity contribution in [3.63, 3.8) is 0 Å². The average Bonchev–Trinajstić information content (AvgIpc) is 3.21. The Bertz CT molecular complexity index is 1090. The molecule has 0 fully saturated rings. The van der Waals surface area contributed by atoms with Gasteiger partial charge in [0.2, 0.25) is 11.7 Å². The SMILES string of the molecule is COCCCNc1nc(-c2nnc(-c3cccc(C)c3)o2)nc2ccccc12. The predicted octanol–water partition coefficient (Wildman–Crippen LogP) is 4.10. The van der Waals surface area contributed by atoms with Crippen molar-refractivity contribution in [2.45, 2.75) is 13.3 Å². The number of aryl methyl sites for hydroxylation is 1. The molecule has 2 aromatic heterocycles. The van der Waals surface area contributed by atoms with E-state index >= 15 is 0 Å². The largest absolute Gasteiger partial charge is 0.413 e. The number of hydrogen-bond acceptors (Lipinski definition) is 7. The number of aromatic nitrogens is 4. The summed E-state index contributed by atoms with van der Waals surface area (Å²) < 4.78 is 11.0. The van der Waals surface area contributed by atoms with Gasteiger partial charge in [-0.25, -0.2) is 9.97 Å². The number of methoxy groups -OCH3 is 1. The number of ether oxygens (including phenoxy) is 1. The van der Waals surface area contributed by atoms with E-state index in [2.05, 4.69) is 25.5 Å². The first-order valence-corrected chi connectivity index (χ1v) is 9.15. The third-order valence-corrected chi connectivity index (χ3v) is 4.30. The predicted molar refractivity (Wildman–Crippen MR) is 108 cm³/mol. The molecule has 28 heavy (non-hydrogen) atoms. The molecule has 7 nitrogen and oxygen atoms in total. The van der Waals surface area contributed by atoms with Crippen LogP contribution in [-0.2, 0) is 4.74 Å². The summed E-state index contributed by atoms with van der Waals surface area (Å²) >= 11 is 0. The molecule has 2 heterocycles. The molecule has 0 amide bonds. The van der Waals surface area contributed by atoms with Crippen LogP contribution in [0.25, 0.3) is 34.1 Å². The molecule has 2 aromatic carbocycles. The molecule has 0 spiro atoms. The molecule has 142 valence electrons. The Morgan fingerprint density at radius 2 is 1.86 bits per heavy atom. The number of rotatable bonds is 7. The van der Waals surface area contributed by atoms with Crippen LogP contribution in [0.3, 0.4) is 0 Å². The van der Waals surface area contributed by atoms with Gasteiger partial charge >= 0.3 is 0 Å². The lowest BCUT2D eigenvalue weighted by Gasteiger charge is -2.09. The van der Waals surface area contributed by atoms with Crippen LogP contribution in [0.15, 0.2) is 52.9 Å². The number of benzene rings is 2. The molecule has 0 saturated heterocycles. The number of nitrogens with zero attached hydrogens (tertiary/aromatic N) is 4. The number of hydrogen-bond donors (Lipinski definition) is 1. The summed E-state index contributed by atoms with van der Waals surface area (Å²) in [5.41, 5.74) is 2.82. The van der Waals surface area contributed by atoms with Gasteiger partial charge in [-0.3, -0.25) is 0 Å². The summed E-state index contributed by atoms with van der Waals surface area (Å²) in [6, 6.07) is 15.8. The highest BCUT2D eigenvalue weighted by Crippen LogP contribution is 2.26. The summed E-state index contributed by atoms with van der Waals surface area (Å²) in [6.45, 7) is 3.45. The van der Waals surface area contributed by atoms with Gasteiger partial charge in [-0.05, 0) is 37.6 Å². The Balaban J connectivity index is 1.69. The number of para-hydroxylation sites is 1. The molecule has 0 bridgehead atoms. The third kappa shape index (κ3) is 3.84. The third-order valence-electron chi connectivity index (χ3n) is 4.30. The van der Waals surface area contributed by atoms with E-state index in [1.807, 2.05) is 55.5 Å². The fraction of sp³-hybridized carbons (Fsp3) is 0.238. The van der Waals surface area contributed by atoms with Gasteiger partial charge < -0.3 is 14.5 Å². The van der Waals surface area contributed by atoms with Gasteiger partial charge in [0.05, 0.1) is 5.52 Å². The van der Waals surface area contributed by atoms with E-state index < -0.39 is 0 Å². The van der Waals surface area contributed by atoms with Crippen LogP contribution in [0, 0.1) is 6.92 Å². The van der Waals surface area contributed by atoms with Gasteiger partial charge in [-0.15, -0.1) is 10.2 Å². The van der Waals surface area contributed by atoms with Crippen molar-refractivity contribution in [1.82, 2.24) is 20.2 Å². The Morgan fingerprint density at radius 3 is 2.71 bits per heavy atom. The highest BCUT2D eigenvalue weighted by Gasteiger charge is 2.16. The van der Waals surface area contributed by atoms with Gasteiger partial charge in [0.1, 0.15) is 5.82 Å². The van der Waals surface area contributed by atoms with Crippen molar-refractivity contribution in [2.24, 2.45) is 0 Å². The number of fused-ring (bicyclic) bond motifs is 1. The Morgan fingerprint density at radius 1 is 1.00 bits per heavy atom. The highest BCUT2D eigenvalue weighted by molar-refractivity contribution is 5.90. The summed E-state index contributed by atoms with van der Waals surface area (Å²) in [6.07, 6.45) is 0.877. The molecule has 0 saturated carbocycles. The first-order chi connectivity index (χ1) is 13.7. The van der Waals surface area contributed by atoms with Crippen molar-refractivity contribution in [1.29, 1.82) is 0 Å². The summed E-state index contributed by atoms with van der Waals surface area (Å²) in [5.74, 6) is 1.89. The standard InChI is InChI=1S/C21H21N5O2/c1-14-7-5-8-15(13-14)20-25-26-21(28-20)19-23-17-10-4-3-9-16(17)18(24-19)22-11-6-12-27-2/h3-5,7-10,13H,6,11-12H2,1-2H3,(H,22,23,24). The minimum atomic E-state index is 0.294. The zero-order chi connectivity index (χ0) is 19.3. The van der Waals surface area contributed by atoms with Crippen LogP contribution in [0.2, 0.25) is 0 Å². The van der Waals surface area contributed by atoms with Gasteiger partial charge in [0.25, 0.3) is 5.89 Å². The average molecular weight is 375 g/mol. The van der Waals surface area contributed by atoms with Crippen LogP contribution in [0.1, 0.15) is 12.0 Å². The molecule has 7 heteroatoms. The zero-order valence-corrected chi connectivity index (χ0v) is 15.8. The van der Waals surface area contributed by atoms with E-state index in [9.17, 15) is 0 Å². The molecule has 0 radical (unpaired) electrons. The lowest BCUT2D eigenvalue weighted by atomic mass is 10.1. The van der Waals surface area contributed by atoms with Crippen molar-refractivity contribution in [3.8, 4) is 23.2 Å². The molecule has 4 rings (SSSR count). The van der Waals surface area contributed by atoms with Gasteiger partial charge in [-0.2, -0.15) is 0 Å². The number of anilines is 1. The Kier molecular flexibility index (Phi) is 5.25. The summed E-state index contributed by atoms with van der Waals surface area (Å²) in [4.78, 5) is 9.24. The van der Waals surface area contributed by atoms with E-state index in [0.717, 1.165) is 40.8 Å². The summed E-state index contributed by atoms with van der Waals surface area (Å²) in [5, 5.41) is 12.6. The first-order valence-electron chi connectivity index (χ1n) is 9.15. The van der Waals surface area contributed by atoms with Crippen LogP contribution in [0.5, 0.6) is 0 Å². The second kappa shape index (κ2) is 8.14. The van der Waals surface area contributed by atoms with E-state index in [-0.39, 0.29) is 0 Å². The second-order valence-electron chi connectivity index (χ2n) is 6.47. The molecule has 0 aliphatic carbocycles. The quantitative estimate of drug-likeness (QED) is 0.487. The van der Waals surface area contributed by atoms with Crippen LogP contribution < -0.4 is 5.32 Å². The molecular weight excluding hydrogens is 354 g/mol. The lowest BCUT2D eigenvalue weighted by molar-refractivity contribution is 0.198. The Hall–Kier alpha value is -3.32. The minimum Gasteiger partial charge on any atom is -0.413 e.